The highest BCUT2D eigenvalue weighted by Crippen LogP contribution is 2.25. The molecule has 0 spiro atoms. The summed E-state index contributed by atoms with van der Waals surface area (Å²) in [7, 11) is -3.64. The number of anilines is 1. The number of thioether (sulfide) groups is 1. The predicted octanol–water partition coefficient (Wildman–Crippen LogP) is 2.45. The molecule has 7 nitrogen and oxygen atoms in total. The number of morpholine rings is 1. The Kier molecular flexibility index (Phi) is 6.61. The van der Waals surface area contributed by atoms with Gasteiger partial charge in [0.1, 0.15) is 5.75 Å². The van der Waals surface area contributed by atoms with Crippen LogP contribution in [0.3, 0.4) is 0 Å². The number of benzene rings is 2. The molecule has 9 heteroatoms. The second kappa shape index (κ2) is 8.95. The zero-order valence-corrected chi connectivity index (χ0v) is 17.1. The van der Waals surface area contributed by atoms with Crippen molar-refractivity contribution in [3.05, 3.63) is 48.0 Å². The van der Waals surface area contributed by atoms with Gasteiger partial charge in [-0.25, -0.2) is 8.42 Å². The van der Waals surface area contributed by atoms with Crippen molar-refractivity contribution >= 4 is 33.4 Å². The number of nitrogens with one attached hydrogen (secondary N) is 1. The molecule has 0 radical (unpaired) electrons. The maximum atomic E-state index is 12.9. The normalized spacial score (nSPS) is 15.3. The van der Waals surface area contributed by atoms with E-state index in [1.54, 1.807) is 43.3 Å². The molecule has 0 aliphatic carbocycles. The molecule has 0 unspecified atom stereocenters. The van der Waals surface area contributed by atoms with Gasteiger partial charge in [0.05, 0.1) is 23.9 Å². The topological polar surface area (TPSA) is 95.9 Å². The van der Waals surface area contributed by atoms with Crippen molar-refractivity contribution in [2.24, 2.45) is 0 Å². The molecular formula is C19H22N2O5S2. The lowest BCUT2D eigenvalue weighted by molar-refractivity contribution is -0.113. The van der Waals surface area contributed by atoms with Crippen LogP contribution >= 0.6 is 11.8 Å². The van der Waals surface area contributed by atoms with Crippen LogP contribution in [0.4, 0.5) is 5.69 Å². The quantitative estimate of drug-likeness (QED) is 0.695. The van der Waals surface area contributed by atoms with Crippen molar-refractivity contribution < 1.29 is 23.1 Å². The first-order chi connectivity index (χ1) is 13.4. The first kappa shape index (κ1) is 20.7. The number of aromatic hydroxyl groups is 1. The third-order valence-corrected chi connectivity index (χ3v) is 7.32. The van der Waals surface area contributed by atoms with E-state index in [4.69, 9.17) is 4.74 Å². The fourth-order valence-corrected chi connectivity index (χ4v) is 5.13. The molecule has 1 saturated heterocycles. The maximum Gasteiger partial charge on any atom is 0.243 e. The van der Waals surface area contributed by atoms with Gasteiger partial charge < -0.3 is 15.2 Å². The van der Waals surface area contributed by atoms with Crippen molar-refractivity contribution in [2.75, 3.05) is 37.4 Å². The van der Waals surface area contributed by atoms with E-state index in [0.29, 0.717) is 37.6 Å². The van der Waals surface area contributed by atoms with Gasteiger partial charge in [-0.1, -0.05) is 6.07 Å². The average Bonchev–Trinajstić information content (AvgIpc) is 2.69. The molecule has 2 N–H and O–H groups in total. The highest BCUT2D eigenvalue weighted by Gasteiger charge is 2.28. The van der Waals surface area contributed by atoms with E-state index >= 15 is 0 Å². The average molecular weight is 423 g/mol. The van der Waals surface area contributed by atoms with Crippen LogP contribution in [0, 0.1) is 6.92 Å². The molecule has 1 heterocycles. The van der Waals surface area contributed by atoms with E-state index in [1.807, 2.05) is 0 Å². The van der Waals surface area contributed by atoms with Gasteiger partial charge in [-0.2, -0.15) is 4.31 Å². The van der Waals surface area contributed by atoms with Crippen LogP contribution in [-0.2, 0) is 19.6 Å². The SMILES string of the molecule is Cc1ccc(NC(=O)CSc2ccc(O)cc2)cc1S(=O)(=O)N1CCOCC1. The van der Waals surface area contributed by atoms with Crippen LogP contribution in [0.1, 0.15) is 5.56 Å². The smallest absolute Gasteiger partial charge is 0.243 e. The Bertz CT molecular complexity index is 939. The van der Waals surface area contributed by atoms with Gasteiger partial charge >= 0.3 is 0 Å². The number of carbonyl (C=O) groups is 1. The lowest BCUT2D eigenvalue weighted by Gasteiger charge is -2.26. The molecule has 2 aromatic rings. The number of aryl methyl sites for hydroxylation is 1. The number of hydrogen-bond donors (Lipinski definition) is 2. The van der Waals surface area contributed by atoms with Crippen molar-refractivity contribution in [2.45, 2.75) is 16.7 Å². The Hall–Kier alpha value is -2.07. The van der Waals surface area contributed by atoms with E-state index < -0.39 is 10.0 Å². The molecule has 1 aliphatic heterocycles. The summed E-state index contributed by atoms with van der Waals surface area (Å²) in [5.74, 6) is 0.101. The van der Waals surface area contributed by atoms with Crippen LogP contribution in [0.5, 0.6) is 5.75 Å². The number of amides is 1. The van der Waals surface area contributed by atoms with E-state index in [2.05, 4.69) is 5.32 Å². The minimum Gasteiger partial charge on any atom is -0.508 e. The van der Waals surface area contributed by atoms with Gasteiger partial charge in [-0.05, 0) is 48.9 Å². The fourth-order valence-electron chi connectivity index (χ4n) is 2.77. The largest absolute Gasteiger partial charge is 0.508 e. The lowest BCUT2D eigenvalue weighted by Crippen LogP contribution is -2.40. The number of phenolic OH excluding ortho intramolecular Hbond substituents is 1. The van der Waals surface area contributed by atoms with Gasteiger partial charge in [0.15, 0.2) is 0 Å². The lowest BCUT2D eigenvalue weighted by atomic mass is 10.2. The Labute approximate surface area is 168 Å². The molecule has 1 amide bonds. The summed E-state index contributed by atoms with van der Waals surface area (Å²) in [4.78, 5) is 13.3. The predicted molar refractivity (Wildman–Crippen MR) is 108 cm³/mol. The van der Waals surface area contributed by atoms with Gasteiger partial charge in [-0.3, -0.25) is 4.79 Å². The van der Waals surface area contributed by atoms with Gasteiger partial charge in [0.2, 0.25) is 15.9 Å². The Morgan fingerprint density at radius 1 is 1.18 bits per heavy atom. The monoisotopic (exact) mass is 422 g/mol. The summed E-state index contributed by atoms with van der Waals surface area (Å²) in [6, 6.07) is 11.5. The Morgan fingerprint density at radius 3 is 2.54 bits per heavy atom. The number of rotatable bonds is 6. The summed E-state index contributed by atoms with van der Waals surface area (Å²) in [6.45, 7) is 3.13. The number of hydrogen-bond acceptors (Lipinski definition) is 6. The molecule has 0 aromatic heterocycles. The minimum atomic E-state index is -3.64. The summed E-state index contributed by atoms with van der Waals surface area (Å²) in [5.41, 5.74) is 1.07. The van der Waals surface area contributed by atoms with Crippen LogP contribution in [0.25, 0.3) is 0 Å². The molecule has 0 bridgehead atoms. The summed E-state index contributed by atoms with van der Waals surface area (Å²) >= 11 is 1.33. The molecule has 1 fully saturated rings. The van der Waals surface area contributed by atoms with Crippen molar-refractivity contribution in [1.82, 2.24) is 4.31 Å². The molecule has 150 valence electrons. The standard InChI is InChI=1S/C19H22N2O5S2/c1-14-2-3-15(12-18(14)28(24,25)21-8-10-26-11-9-21)20-19(23)13-27-17-6-4-16(22)5-7-17/h2-7,12,22H,8-11,13H2,1H3,(H,20,23). The van der Waals surface area contributed by atoms with Gasteiger partial charge in [0.25, 0.3) is 0 Å². The molecule has 1 aliphatic rings. The highest BCUT2D eigenvalue weighted by molar-refractivity contribution is 8.00. The molecule has 0 saturated carbocycles. The molecule has 0 atom stereocenters. The fraction of sp³-hybridized carbons (Fsp3) is 0.316. The Balaban J connectivity index is 1.68. The second-order valence-corrected chi connectivity index (χ2v) is 9.28. The number of phenols is 1. The third kappa shape index (κ3) is 5.05. The maximum absolute atomic E-state index is 12.9. The second-order valence-electron chi connectivity index (χ2n) is 6.33. The number of sulfonamides is 1. The minimum absolute atomic E-state index is 0.169. The summed E-state index contributed by atoms with van der Waals surface area (Å²) < 4.78 is 32.5. The van der Waals surface area contributed by atoms with Crippen LogP contribution in [0.15, 0.2) is 52.3 Å². The molecule has 2 aromatic carbocycles. The van der Waals surface area contributed by atoms with Crippen LogP contribution < -0.4 is 5.32 Å². The number of carbonyl (C=O) groups excluding carboxylic acids is 1. The van der Waals surface area contributed by atoms with E-state index in [1.165, 1.54) is 22.1 Å². The Morgan fingerprint density at radius 2 is 1.86 bits per heavy atom. The summed E-state index contributed by atoms with van der Waals surface area (Å²) in [6.07, 6.45) is 0. The zero-order chi connectivity index (χ0) is 20.1. The molecule has 28 heavy (non-hydrogen) atoms. The van der Waals surface area contributed by atoms with Crippen molar-refractivity contribution in [1.29, 1.82) is 0 Å². The van der Waals surface area contributed by atoms with Crippen molar-refractivity contribution in [3.8, 4) is 5.75 Å². The van der Waals surface area contributed by atoms with E-state index in [-0.39, 0.29) is 22.3 Å². The number of nitrogens with zero attached hydrogens (tertiary/aromatic N) is 1. The van der Waals surface area contributed by atoms with E-state index in [9.17, 15) is 18.3 Å². The zero-order valence-electron chi connectivity index (χ0n) is 15.4. The summed E-state index contributed by atoms with van der Waals surface area (Å²) in [5, 5.41) is 12.0. The molecular weight excluding hydrogens is 400 g/mol. The van der Waals surface area contributed by atoms with Gasteiger partial charge in [-0.15, -0.1) is 11.8 Å². The first-order valence-electron chi connectivity index (χ1n) is 8.76. The van der Waals surface area contributed by atoms with Crippen molar-refractivity contribution in [3.63, 3.8) is 0 Å². The first-order valence-corrected chi connectivity index (χ1v) is 11.2. The number of ether oxygens (including phenoxy) is 1. The van der Waals surface area contributed by atoms with Crippen LogP contribution in [0.2, 0.25) is 0 Å². The third-order valence-electron chi connectivity index (χ3n) is 4.27. The van der Waals surface area contributed by atoms with Crippen LogP contribution in [-0.4, -0.2) is 55.8 Å². The molecule has 3 rings (SSSR count). The van der Waals surface area contributed by atoms with Gasteiger partial charge in [0, 0.05) is 23.7 Å². The highest BCUT2D eigenvalue weighted by atomic mass is 32.2. The van der Waals surface area contributed by atoms with E-state index in [0.717, 1.165) is 4.90 Å².